The lowest BCUT2D eigenvalue weighted by atomic mass is 9.99. The smallest absolute Gasteiger partial charge is 0.227 e. The van der Waals surface area contributed by atoms with E-state index in [0.29, 0.717) is 6.54 Å². The van der Waals surface area contributed by atoms with Crippen LogP contribution < -0.4 is 4.90 Å². The lowest BCUT2D eigenvalue weighted by molar-refractivity contribution is -0.134. The quantitative estimate of drug-likeness (QED) is 0.723. The van der Waals surface area contributed by atoms with Crippen molar-refractivity contribution in [3.8, 4) is 0 Å². The van der Waals surface area contributed by atoms with Gasteiger partial charge >= 0.3 is 0 Å². The number of para-hydroxylation sites is 1. The fourth-order valence-corrected chi connectivity index (χ4v) is 5.30. The summed E-state index contributed by atoms with van der Waals surface area (Å²) in [7, 11) is 0. The number of nitrogens with zero attached hydrogens (tertiary/aromatic N) is 2. The van der Waals surface area contributed by atoms with Gasteiger partial charge < -0.3 is 9.80 Å². The Morgan fingerprint density at radius 3 is 2.62 bits per heavy atom. The average Bonchev–Trinajstić information content (AvgIpc) is 3.23. The molecule has 1 atom stereocenters. The van der Waals surface area contributed by atoms with Gasteiger partial charge in [-0.25, -0.2) is 0 Å². The van der Waals surface area contributed by atoms with E-state index in [0.717, 1.165) is 35.7 Å². The molecule has 2 aromatic carbocycles. The molecule has 4 rings (SSSR count). The first-order chi connectivity index (χ1) is 14.0. The fourth-order valence-electron chi connectivity index (χ4n) is 4.30. The number of benzene rings is 2. The normalized spacial score (nSPS) is 18.6. The number of amides is 2. The number of hydrogen-bond donors (Lipinski definition) is 0. The molecule has 0 aliphatic carbocycles. The number of rotatable bonds is 4. The van der Waals surface area contributed by atoms with Gasteiger partial charge in [0.1, 0.15) is 0 Å². The maximum Gasteiger partial charge on any atom is 0.227 e. The molecule has 2 aromatic rings. The summed E-state index contributed by atoms with van der Waals surface area (Å²) in [4.78, 5) is 30.8. The highest BCUT2D eigenvalue weighted by atomic mass is 32.2. The van der Waals surface area contributed by atoms with Crippen molar-refractivity contribution in [2.24, 2.45) is 0 Å². The van der Waals surface area contributed by atoms with E-state index in [1.54, 1.807) is 11.8 Å². The first-order valence-electron chi connectivity index (χ1n) is 10.4. The predicted octanol–water partition coefficient (Wildman–Crippen LogP) is 4.89. The molecule has 5 heteroatoms. The van der Waals surface area contributed by atoms with Gasteiger partial charge in [0.2, 0.25) is 11.8 Å². The van der Waals surface area contributed by atoms with Gasteiger partial charge in [-0.1, -0.05) is 30.3 Å². The number of likely N-dealkylation sites (tertiary alicyclic amines) is 1. The van der Waals surface area contributed by atoms with Gasteiger partial charge in [0.05, 0.1) is 11.7 Å². The number of aryl methyl sites for hydroxylation is 2. The SMILES string of the molecule is Cc1ccc(C2CCCN2C(=O)CCC(=O)N2CCSc3ccccc32)cc1C. The number of thioether (sulfide) groups is 1. The second-order valence-corrected chi connectivity index (χ2v) is 9.09. The maximum atomic E-state index is 13.0. The minimum atomic E-state index is 0.0491. The van der Waals surface area contributed by atoms with E-state index in [1.165, 1.54) is 16.7 Å². The molecule has 2 heterocycles. The number of fused-ring (bicyclic) bond motifs is 1. The van der Waals surface area contributed by atoms with E-state index in [4.69, 9.17) is 0 Å². The highest BCUT2D eigenvalue weighted by Gasteiger charge is 2.31. The Labute approximate surface area is 177 Å². The van der Waals surface area contributed by atoms with Crippen LogP contribution >= 0.6 is 11.8 Å². The maximum absolute atomic E-state index is 13.0. The highest BCUT2D eigenvalue weighted by Crippen LogP contribution is 2.36. The molecular formula is C24H28N2O2S. The molecule has 0 radical (unpaired) electrons. The van der Waals surface area contributed by atoms with Crippen molar-refractivity contribution >= 4 is 29.3 Å². The van der Waals surface area contributed by atoms with Gasteiger partial charge in [-0.3, -0.25) is 9.59 Å². The zero-order valence-electron chi connectivity index (χ0n) is 17.2. The second kappa shape index (κ2) is 8.62. The molecule has 29 heavy (non-hydrogen) atoms. The summed E-state index contributed by atoms with van der Waals surface area (Å²) in [5.74, 6) is 1.05. The predicted molar refractivity (Wildman–Crippen MR) is 118 cm³/mol. The van der Waals surface area contributed by atoms with Crippen LogP contribution in [0.1, 0.15) is 48.4 Å². The summed E-state index contributed by atoms with van der Waals surface area (Å²) in [6, 6.07) is 14.7. The molecule has 1 fully saturated rings. The van der Waals surface area contributed by atoms with Crippen LogP contribution in [0.25, 0.3) is 0 Å². The third-order valence-corrected chi connectivity index (χ3v) is 7.11. The average molecular weight is 409 g/mol. The minimum Gasteiger partial charge on any atom is -0.336 e. The van der Waals surface area contributed by atoms with E-state index < -0.39 is 0 Å². The van der Waals surface area contributed by atoms with E-state index in [2.05, 4.69) is 38.1 Å². The van der Waals surface area contributed by atoms with Crippen LogP contribution in [0, 0.1) is 13.8 Å². The van der Waals surface area contributed by atoms with Gasteiger partial charge in [0, 0.05) is 36.6 Å². The molecule has 1 saturated heterocycles. The van der Waals surface area contributed by atoms with Crippen LogP contribution in [0.15, 0.2) is 47.4 Å². The minimum absolute atomic E-state index is 0.0491. The van der Waals surface area contributed by atoms with Crippen molar-refractivity contribution in [1.29, 1.82) is 0 Å². The van der Waals surface area contributed by atoms with Crippen molar-refractivity contribution in [3.63, 3.8) is 0 Å². The molecule has 1 unspecified atom stereocenters. The molecule has 0 saturated carbocycles. The number of hydrogen-bond acceptors (Lipinski definition) is 3. The summed E-state index contributed by atoms with van der Waals surface area (Å²) in [6.45, 7) is 5.73. The molecule has 2 aliphatic rings. The Hall–Kier alpha value is -2.27. The molecule has 0 N–H and O–H groups in total. The van der Waals surface area contributed by atoms with E-state index in [9.17, 15) is 9.59 Å². The summed E-state index contributed by atoms with van der Waals surface area (Å²) in [5, 5.41) is 0. The monoisotopic (exact) mass is 408 g/mol. The number of carbonyl (C=O) groups is 2. The zero-order chi connectivity index (χ0) is 20.4. The molecule has 152 valence electrons. The molecule has 0 spiro atoms. The van der Waals surface area contributed by atoms with Crippen LogP contribution in [0.4, 0.5) is 5.69 Å². The van der Waals surface area contributed by atoms with E-state index in [1.807, 2.05) is 28.0 Å². The summed E-state index contributed by atoms with van der Waals surface area (Å²) >= 11 is 1.79. The largest absolute Gasteiger partial charge is 0.336 e. The fraction of sp³-hybridized carbons (Fsp3) is 0.417. The van der Waals surface area contributed by atoms with Gasteiger partial charge in [-0.15, -0.1) is 11.8 Å². The van der Waals surface area contributed by atoms with Crippen LogP contribution in [0.2, 0.25) is 0 Å². The summed E-state index contributed by atoms with van der Waals surface area (Å²) in [6.07, 6.45) is 2.58. The zero-order valence-corrected chi connectivity index (χ0v) is 18.0. The molecule has 0 bridgehead atoms. The molecule has 4 nitrogen and oxygen atoms in total. The Balaban J connectivity index is 1.40. The van der Waals surface area contributed by atoms with Crippen molar-refractivity contribution < 1.29 is 9.59 Å². The third-order valence-electron chi connectivity index (χ3n) is 6.07. The van der Waals surface area contributed by atoms with E-state index >= 15 is 0 Å². The molecule has 2 amide bonds. The molecule has 2 aliphatic heterocycles. The number of carbonyl (C=O) groups excluding carboxylic acids is 2. The molecular weight excluding hydrogens is 380 g/mol. The van der Waals surface area contributed by atoms with Crippen molar-refractivity contribution in [2.45, 2.75) is 50.5 Å². The first kappa shape index (κ1) is 20.0. The standard InChI is InChI=1S/C24H28N2O2S/c1-17-9-10-19(16-18(17)2)20-7-5-13-25(20)23(27)11-12-24(28)26-14-15-29-22-8-4-3-6-21(22)26/h3-4,6,8-10,16,20H,5,7,11-15H2,1-2H3. The second-order valence-electron chi connectivity index (χ2n) is 7.95. The summed E-state index contributed by atoms with van der Waals surface area (Å²) < 4.78 is 0. The Bertz CT molecular complexity index is 927. The van der Waals surface area contributed by atoms with Gasteiger partial charge in [-0.05, 0) is 55.5 Å². The van der Waals surface area contributed by atoms with Gasteiger partial charge in [0.15, 0.2) is 0 Å². The van der Waals surface area contributed by atoms with E-state index in [-0.39, 0.29) is 30.7 Å². The van der Waals surface area contributed by atoms with Crippen LogP contribution in [-0.2, 0) is 9.59 Å². The van der Waals surface area contributed by atoms with Crippen molar-refractivity contribution in [1.82, 2.24) is 4.90 Å². The van der Waals surface area contributed by atoms with Gasteiger partial charge in [-0.2, -0.15) is 0 Å². The topological polar surface area (TPSA) is 40.6 Å². The van der Waals surface area contributed by atoms with Crippen molar-refractivity contribution in [2.75, 3.05) is 23.7 Å². The number of anilines is 1. The Kier molecular flexibility index (Phi) is 5.95. The van der Waals surface area contributed by atoms with Crippen molar-refractivity contribution in [3.05, 3.63) is 59.2 Å². The summed E-state index contributed by atoms with van der Waals surface area (Å²) in [5.41, 5.74) is 4.73. The lowest BCUT2D eigenvalue weighted by Crippen LogP contribution is -2.37. The first-order valence-corrected chi connectivity index (χ1v) is 11.4. The van der Waals surface area contributed by atoms with Crippen LogP contribution in [0.5, 0.6) is 0 Å². The van der Waals surface area contributed by atoms with Crippen LogP contribution in [0.3, 0.4) is 0 Å². The molecule has 0 aromatic heterocycles. The highest BCUT2D eigenvalue weighted by molar-refractivity contribution is 7.99. The third kappa shape index (κ3) is 4.20. The van der Waals surface area contributed by atoms with Gasteiger partial charge in [0.25, 0.3) is 0 Å². The van der Waals surface area contributed by atoms with Crippen LogP contribution in [-0.4, -0.2) is 35.6 Å². The lowest BCUT2D eigenvalue weighted by Gasteiger charge is -2.29. The Morgan fingerprint density at radius 2 is 1.79 bits per heavy atom. The Morgan fingerprint density at radius 1 is 1.00 bits per heavy atom.